The van der Waals surface area contributed by atoms with Crippen LogP contribution in [0.2, 0.25) is 0 Å². The minimum absolute atomic E-state index is 0.116. The van der Waals surface area contributed by atoms with Crippen LogP contribution >= 0.6 is 0 Å². The van der Waals surface area contributed by atoms with Gasteiger partial charge in [0.25, 0.3) is 5.91 Å². The van der Waals surface area contributed by atoms with Gasteiger partial charge in [-0.05, 0) is 42.8 Å². The Labute approximate surface area is 176 Å². The van der Waals surface area contributed by atoms with Crippen LogP contribution in [-0.2, 0) is 6.42 Å². The standard InChI is InChI=1S/C25H28N2O3/c1-4-17-11-13-18(14-12-17)22-21-23(28)19-9-7-8-10-20(19)30-24(21)25(29)27(22)16-15-26(5-2)6-3/h7-14,22H,4-6,15-16H2,1-3H3. The fraction of sp³-hybridized carbons (Fsp3) is 0.360. The largest absolute Gasteiger partial charge is 0.450 e. The molecule has 0 N–H and O–H groups in total. The number of carbonyl (C=O) groups is 1. The van der Waals surface area contributed by atoms with Crippen LogP contribution in [0.5, 0.6) is 0 Å². The second-order valence-corrected chi connectivity index (χ2v) is 7.69. The van der Waals surface area contributed by atoms with Gasteiger partial charge in [-0.1, -0.05) is 57.2 Å². The van der Waals surface area contributed by atoms with Crippen molar-refractivity contribution in [3.63, 3.8) is 0 Å². The Balaban J connectivity index is 1.84. The number of para-hydroxylation sites is 1. The van der Waals surface area contributed by atoms with Gasteiger partial charge >= 0.3 is 0 Å². The summed E-state index contributed by atoms with van der Waals surface area (Å²) in [6.45, 7) is 9.47. The zero-order valence-corrected chi connectivity index (χ0v) is 17.9. The SMILES string of the molecule is CCc1ccc(C2c3c(oc4ccccc4c3=O)C(=O)N2CCN(CC)CC)cc1. The number of rotatable bonds is 7. The second kappa shape index (κ2) is 8.44. The maximum absolute atomic E-state index is 13.4. The molecule has 1 unspecified atom stereocenters. The molecule has 3 aromatic rings. The zero-order chi connectivity index (χ0) is 21.3. The van der Waals surface area contributed by atoms with Crippen LogP contribution in [0.1, 0.15) is 54.1 Å². The molecule has 0 spiro atoms. The summed E-state index contributed by atoms with van der Waals surface area (Å²) < 4.78 is 5.98. The van der Waals surface area contributed by atoms with Gasteiger partial charge in [0, 0.05) is 13.1 Å². The Kier molecular flexibility index (Phi) is 5.73. The highest BCUT2D eigenvalue weighted by atomic mass is 16.3. The number of hydrogen-bond donors (Lipinski definition) is 0. The minimum atomic E-state index is -0.421. The fourth-order valence-electron chi connectivity index (χ4n) is 4.27. The first-order valence-corrected chi connectivity index (χ1v) is 10.8. The number of amides is 1. The van der Waals surface area contributed by atoms with Gasteiger partial charge in [-0.3, -0.25) is 9.59 Å². The molecule has 0 bridgehead atoms. The van der Waals surface area contributed by atoms with Crippen LogP contribution in [0.4, 0.5) is 0 Å². The molecule has 2 heterocycles. The molecule has 1 aliphatic heterocycles. The third kappa shape index (κ3) is 3.43. The lowest BCUT2D eigenvalue weighted by Crippen LogP contribution is -2.37. The molecule has 2 aromatic carbocycles. The van der Waals surface area contributed by atoms with E-state index in [1.165, 1.54) is 5.56 Å². The molecule has 1 aromatic heterocycles. The van der Waals surface area contributed by atoms with E-state index in [2.05, 4.69) is 37.8 Å². The number of carbonyl (C=O) groups excluding carboxylic acids is 1. The highest BCUT2D eigenvalue weighted by Crippen LogP contribution is 2.38. The molecular formula is C25H28N2O3. The van der Waals surface area contributed by atoms with Crippen LogP contribution < -0.4 is 5.43 Å². The average molecular weight is 405 g/mol. The number of hydrogen-bond acceptors (Lipinski definition) is 4. The predicted molar refractivity (Wildman–Crippen MR) is 119 cm³/mol. The summed E-state index contributed by atoms with van der Waals surface area (Å²) in [7, 11) is 0. The summed E-state index contributed by atoms with van der Waals surface area (Å²) in [5.41, 5.74) is 2.97. The molecule has 1 aliphatic rings. The predicted octanol–water partition coefficient (Wildman–Crippen LogP) is 4.24. The lowest BCUT2D eigenvalue weighted by molar-refractivity contribution is 0.0708. The maximum atomic E-state index is 13.4. The van der Waals surface area contributed by atoms with Gasteiger partial charge < -0.3 is 14.2 Å². The average Bonchev–Trinajstić information content (AvgIpc) is 3.07. The zero-order valence-electron chi connectivity index (χ0n) is 17.9. The Bertz CT molecular complexity index is 1110. The quantitative estimate of drug-likeness (QED) is 0.591. The Hall–Kier alpha value is -2.92. The highest BCUT2D eigenvalue weighted by molar-refractivity contribution is 5.99. The molecule has 30 heavy (non-hydrogen) atoms. The van der Waals surface area contributed by atoms with Crippen molar-refractivity contribution in [1.82, 2.24) is 9.80 Å². The van der Waals surface area contributed by atoms with Crippen molar-refractivity contribution in [1.29, 1.82) is 0 Å². The highest BCUT2D eigenvalue weighted by Gasteiger charge is 2.42. The molecule has 0 aliphatic carbocycles. The van der Waals surface area contributed by atoms with E-state index in [-0.39, 0.29) is 17.1 Å². The van der Waals surface area contributed by atoms with Gasteiger partial charge in [0.1, 0.15) is 5.58 Å². The molecular weight excluding hydrogens is 376 g/mol. The van der Waals surface area contributed by atoms with Gasteiger partial charge in [-0.15, -0.1) is 0 Å². The van der Waals surface area contributed by atoms with E-state index in [0.29, 0.717) is 23.1 Å². The van der Waals surface area contributed by atoms with Crippen molar-refractivity contribution in [3.8, 4) is 0 Å². The molecule has 4 rings (SSSR count). The van der Waals surface area contributed by atoms with Gasteiger partial charge in [0.15, 0.2) is 5.43 Å². The van der Waals surface area contributed by atoms with Crippen molar-refractivity contribution in [2.24, 2.45) is 0 Å². The minimum Gasteiger partial charge on any atom is -0.450 e. The fourth-order valence-corrected chi connectivity index (χ4v) is 4.27. The monoisotopic (exact) mass is 404 g/mol. The van der Waals surface area contributed by atoms with Crippen molar-refractivity contribution < 1.29 is 9.21 Å². The van der Waals surface area contributed by atoms with E-state index < -0.39 is 6.04 Å². The van der Waals surface area contributed by atoms with E-state index in [9.17, 15) is 9.59 Å². The van der Waals surface area contributed by atoms with Crippen LogP contribution in [0.25, 0.3) is 11.0 Å². The molecule has 0 radical (unpaired) electrons. The van der Waals surface area contributed by atoms with E-state index in [1.54, 1.807) is 17.0 Å². The van der Waals surface area contributed by atoms with Gasteiger partial charge in [0.2, 0.25) is 5.76 Å². The van der Waals surface area contributed by atoms with Crippen molar-refractivity contribution in [2.75, 3.05) is 26.2 Å². The number of nitrogens with zero attached hydrogens (tertiary/aromatic N) is 2. The van der Waals surface area contributed by atoms with Crippen LogP contribution in [0, 0.1) is 0 Å². The van der Waals surface area contributed by atoms with Crippen molar-refractivity contribution >= 4 is 16.9 Å². The summed E-state index contributed by atoms with van der Waals surface area (Å²) in [4.78, 5) is 30.9. The first-order valence-electron chi connectivity index (χ1n) is 10.8. The topological polar surface area (TPSA) is 53.8 Å². The second-order valence-electron chi connectivity index (χ2n) is 7.69. The van der Waals surface area contributed by atoms with Crippen LogP contribution in [0.15, 0.2) is 57.7 Å². The summed E-state index contributed by atoms with van der Waals surface area (Å²) in [5, 5.41) is 0.518. The Morgan fingerprint density at radius 2 is 1.67 bits per heavy atom. The first-order chi connectivity index (χ1) is 14.6. The number of benzene rings is 2. The van der Waals surface area contributed by atoms with Gasteiger partial charge in [0.05, 0.1) is 17.0 Å². The summed E-state index contributed by atoms with van der Waals surface area (Å²) >= 11 is 0. The molecule has 156 valence electrons. The van der Waals surface area contributed by atoms with Gasteiger partial charge in [-0.2, -0.15) is 0 Å². The van der Waals surface area contributed by atoms with E-state index in [0.717, 1.165) is 31.6 Å². The maximum Gasteiger partial charge on any atom is 0.290 e. The summed E-state index contributed by atoms with van der Waals surface area (Å²) in [6.07, 6.45) is 0.943. The molecule has 1 amide bonds. The Morgan fingerprint density at radius 3 is 2.33 bits per heavy atom. The lowest BCUT2D eigenvalue weighted by atomic mass is 9.97. The first kappa shape index (κ1) is 20.4. The molecule has 0 saturated heterocycles. The number of fused-ring (bicyclic) bond motifs is 2. The molecule has 5 heteroatoms. The number of likely N-dealkylation sites (N-methyl/N-ethyl adjacent to an activating group) is 1. The van der Waals surface area contributed by atoms with Gasteiger partial charge in [-0.25, -0.2) is 0 Å². The summed E-state index contributed by atoms with van der Waals surface area (Å²) in [6, 6.07) is 14.9. The molecule has 0 saturated carbocycles. The lowest BCUT2D eigenvalue weighted by Gasteiger charge is -2.28. The van der Waals surface area contributed by atoms with E-state index in [1.807, 2.05) is 24.3 Å². The molecule has 5 nitrogen and oxygen atoms in total. The summed E-state index contributed by atoms with van der Waals surface area (Å²) in [5.74, 6) is -0.0209. The smallest absolute Gasteiger partial charge is 0.290 e. The molecule has 1 atom stereocenters. The molecule has 0 fully saturated rings. The normalized spacial score (nSPS) is 15.9. The van der Waals surface area contributed by atoms with E-state index >= 15 is 0 Å². The van der Waals surface area contributed by atoms with Crippen molar-refractivity contribution in [2.45, 2.75) is 33.2 Å². The number of aryl methyl sites for hydroxylation is 1. The van der Waals surface area contributed by atoms with Crippen LogP contribution in [-0.4, -0.2) is 41.9 Å². The van der Waals surface area contributed by atoms with Crippen LogP contribution in [0.3, 0.4) is 0 Å². The van der Waals surface area contributed by atoms with Crippen molar-refractivity contribution in [3.05, 3.63) is 81.2 Å². The van der Waals surface area contributed by atoms with E-state index in [4.69, 9.17) is 4.42 Å². The Morgan fingerprint density at radius 1 is 0.967 bits per heavy atom. The third-order valence-corrected chi connectivity index (χ3v) is 6.13. The third-order valence-electron chi connectivity index (χ3n) is 6.13.